The Morgan fingerprint density at radius 1 is 0.687 bits per heavy atom. The van der Waals surface area contributed by atoms with E-state index in [0.717, 1.165) is 35.2 Å². The molecule has 3 aromatic carbocycles. The Balaban J connectivity index is 1.07. The summed E-state index contributed by atoms with van der Waals surface area (Å²) in [6.07, 6.45) is 4.35. The van der Waals surface area contributed by atoms with Crippen LogP contribution in [0.1, 0.15) is 91.2 Å². The number of alkyl carbamates (subject to hydrolysis) is 1. The second kappa shape index (κ2) is 24.2. The lowest BCUT2D eigenvalue weighted by Gasteiger charge is -2.27. The first-order chi connectivity index (χ1) is 31.8. The number of rotatable bonds is 19. The fourth-order valence-electron chi connectivity index (χ4n) is 7.39. The molecule has 0 aliphatic carbocycles. The van der Waals surface area contributed by atoms with E-state index in [2.05, 4.69) is 38.3 Å². The number of anilines is 3. The number of hydrogen-bond acceptors (Lipinski definition) is 12. The van der Waals surface area contributed by atoms with Crippen molar-refractivity contribution >= 4 is 58.8 Å². The summed E-state index contributed by atoms with van der Waals surface area (Å²) >= 11 is 0. The number of benzene rings is 3. The topological polar surface area (TPSA) is 214 Å². The van der Waals surface area contributed by atoms with E-state index in [-0.39, 0.29) is 42.5 Å². The number of urea groups is 1. The highest BCUT2D eigenvalue weighted by molar-refractivity contribution is 6.23. The summed E-state index contributed by atoms with van der Waals surface area (Å²) in [5, 5.41) is 10.5. The molecule has 0 atom stereocenters. The second-order valence-electron chi connectivity index (χ2n) is 18.4. The number of nitrogens with zero attached hydrogens (tertiary/aromatic N) is 3. The molecule has 2 aliphatic heterocycles. The summed E-state index contributed by atoms with van der Waals surface area (Å²) in [6, 6.07) is 17.9. The summed E-state index contributed by atoms with van der Waals surface area (Å²) in [4.78, 5) is 97.3. The smallest absolute Gasteiger partial charge is 0.407 e. The Bertz CT molecular complexity index is 2150. The lowest BCUT2D eigenvalue weighted by molar-refractivity contribution is -0.154. The van der Waals surface area contributed by atoms with E-state index >= 15 is 0 Å². The van der Waals surface area contributed by atoms with Crippen molar-refractivity contribution in [2.45, 2.75) is 110 Å². The Labute approximate surface area is 392 Å². The monoisotopic (exact) mass is 927 g/mol. The minimum Gasteiger partial charge on any atom is -0.494 e. The predicted molar refractivity (Wildman–Crippen MR) is 251 cm³/mol. The van der Waals surface area contributed by atoms with Gasteiger partial charge in [-0.05, 0) is 128 Å². The lowest BCUT2D eigenvalue weighted by atomic mass is 10.1. The first-order valence-corrected chi connectivity index (χ1v) is 22.8. The van der Waals surface area contributed by atoms with Crippen molar-refractivity contribution < 1.29 is 52.5 Å². The highest BCUT2D eigenvalue weighted by Crippen LogP contribution is 2.34. The molecule has 2 heterocycles. The van der Waals surface area contributed by atoms with Crippen molar-refractivity contribution in [3.05, 3.63) is 83.9 Å². The van der Waals surface area contributed by atoms with Crippen molar-refractivity contribution in [3.63, 3.8) is 0 Å². The van der Waals surface area contributed by atoms with Gasteiger partial charge in [-0.1, -0.05) is 42.8 Å². The highest BCUT2D eigenvalue weighted by atomic mass is 16.6. The van der Waals surface area contributed by atoms with E-state index in [1.54, 1.807) is 71.9 Å². The first-order valence-electron chi connectivity index (χ1n) is 22.8. The number of carbonyl (C=O) groups excluding carboxylic acids is 7. The quantitative estimate of drug-likeness (QED) is 0.0485. The largest absolute Gasteiger partial charge is 0.494 e. The van der Waals surface area contributed by atoms with Gasteiger partial charge in [-0.25, -0.2) is 9.59 Å². The average molecular weight is 928 g/mol. The van der Waals surface area contributed by atoms with Gasteiger partial charge >= 0.3 is 24.1 Å². The number of fused-ring (bicyclic) bond motifs is 1. The van der Waals surface area contributed by atoms with Crippen molar-refractivity contribution in [3.8, 4) is 5.75 Å². The standard InChI is InChI=1S/C49H65N7O11/c1-48(2,3)66-41(58)31-55-38-20-8-9-21-39(38)56(32-42(59)67-49(4,5)6)45(61)43(44(55)60)53-46(62)52-36-18-12-17-35(28-36)33-65-47(63)51-23-14-22-40(57)50-24-15-27-64-37-19-13-16-34(29-37)30-54-25-10-7-11-26-54/h8-9,12-13,16-21,28-29,43H,7,10-11,14-15,22-27,30-33H2,1-6H3,(H,50,57)(H,51,63)(H2,52,53,62). The molecule has 362 valence electrons. The minimum atomic E-state index is -1.89. The van der Waals surface area contributed by atoms with Gasteiger partial charge in [-0.15, -0.1) is 0 Å². The molecule has 1 fully saturated rings. The first kappa shape index (κ1) is 51.3. The molecule has 0 unspecified atom stereocenters. The number of likely N-dealkylation sites (tertiary alicyclic amines) is 1. The van der Waals surface area contributed by atoms with Crippen LogP contribution in [-0.4, -0.2) is 110 Å². The number of hydrogen-bond donors (Lipinski definition) is 4. The van der Waals surface area contributed by atoms with Gasteiger partial charge in [-0.3, -0.25) is 38.7 Å². The second-order valence-corrected chi connectivity index (χ2v) is 18.4. The summed E-state index contributed by atoms with van der Waals surface area (Å²) in [6.45, 7) is 13.0. The van der Waals surface area contributed by atoms with Crippen LogP contribution in [-0.2, 0) is 51.3 Å². The van der Waals surface area contributed by atoms with Crippen LogP contribution < -0.4 is 35.8 Å². The molecule has 4 N–H and O–H groups in total. The van der Waals surface area contributed by atoms with Crippen LogP contribution in [0.4, 0.5) is 26.7 Å². The number of carbonyl (C=O) groups is 7. The van der Waals surface area contributed by atoms with Crippen LogP contribution in [0.5, 0.6) is 5.75 Å². The van der Waals surface area contributed by atoms with Gasteiger partial charge in [0, 0.05) is 31.7 Å². The number of amides is 6. The van der Waals surface area contributed by atoms with Gasteiger partial charge in [-0.2, -0.15) is 0 Å². The third-order valence-electron chi connectivity index (χ3n) is 10.2. The van der Waals surface area contributed by atoms with Crippen LogP contribution in [0, 0.1) is 0 Å². The van der Waals surface area contributed by atoms with Crippen molar-refractivity contribution in [1.29, 1.82) is 0 Å². The van der Waals surface area contributed by atoms with Gasteiger partial charge < -0.3 is 40.2 Å². The highest BCUT2D eigenvalue weighted by Gasteiger charge is 2.43. The van der Waals surface area contributed by atoms with Crippen LogP contribution in [0.2, 0.25) is 0 Å². The number of ether oxygens (including phenoxy) is 4. The fourth-order valence-corrected chi connectivity index (χ4v) is 7.39. The minimum absolute atomic E-state index is 0.134. The van der Waals surface area contributed by atoms with Gasteiger partial charge in [0.05, 0.1) is 18.0 Å². The number of nitrogens with one attached hydrogen (secondary N) is 4. The third kappa shape index (κ3) is 17.2. The summed E-state index contributed by atoms with van der Waals surface area (Å²) in [7, 11) is 0. The summed E-state index contributed by atoms with van der Waals surface area (Å²) < 4.78 is 22.2. The predicted octanol–water partition coefficient (Wildman–Crippen LogP) is 5.82. The van der Waals surface area contributed by atoms with E-state index in [0.29, 0.717) is 31.6 Å². The maximum absolute atomic E-state index is 14.2. The molecule has 3 aromatic rings. The summed E-state index contributed by atoms with van der Waals surface area (Å²) in [5.74, 6) is -2.74. The molecule has 18 nitrogen and oxygen atoms in total. The van der Waals surface area contributed by atoms with Crippen LogP contribution >= 0.6 is 0 Å². The van der Waals surface area contributed by atoms with E-state index in [4.69, 9.17) is 18.9 Å². The van der Waals surface area contributed by atoms with Crippen LogP contribution in [0.15, 0.2) is 72.8 Å². The number of esters is 2. The molecule has 2 aliphatic rings. The lowest BCUT2D eigenvalue weighted by Crippen LogP contribution is -2.57. The average Bonchev–Trinajstić information content (AvgIpc) is 3.33. The van der Waals surface area contributed by atoms with E-state index in [1.165, 1.54) is 43.0 Å². The van der Waals surface area contributed by atoms with Crippen LogP contribution in [0.25, 0.3) is 0 Å². The van der Waals surface area contributed by atoms with Gasteiger partial charge in [0.2, 0.25) is 5.91 Å². The van der Waals surface area contributed by atoms with Crippen molar-refractivity contribution in [2.24, 2.45) is 0 Å². The fraction of sp³-hybridized carbons (Fsp3) is 0.490. The van der Waals surface area contributed by atoms with Crippen molar-refractivity contribution in [2.75, 3.05) is 61.0 Å². The number of para-hydroxylation sites is 2. The molecular formula is C49H65N7O11. The Morgan fingerprint density at radius 3 is 1.91 bits per heavy atom. The van der Waals surface area contributed by atoms with E-state index in [1.807, 2.05) is 12.1 Å². The van der Waals surface area contributed by atoms with Crippen molar-refractivity contribution in [1.82, 2.24) is 20.9 Å². The Hall–Kier alpha value is -6.69. The van der Waals surface area contributed by atoms with Gasteiger partial charge in [0.1, 0.15) is 36.6 Å². The zero-order chi connectivity index (χ0) is 48.6. The van der Waals surface area contributed by atoms with E-state index in [9.17, 15) is 33.6 Å². The van der Waals surface area contributed by atoms with Crippen LogP contribution in [0.3, 0.4) is 0 Å². The molecule has 0 bridgehead atoms. The SMILES string of the molecule is CC(C)(C)OC(=O)CN1C(=O)C(NC(=O)Nc2cccc(COC(=O)NCCCC(=O)NCCCOc3cccc(CN4CCCCC4)c3)c2)C(=O)N(CC(=O)OC(C)(C)C)c2ccccc21. The molecule has 5 rings (SSSR count). The molecular weight excluding hydrogens is 863 g/mol. The molecule has 1 saturated heterocycles. The molecule has 18 heteroatoms. The molecule has 6 amide bonds. The summed E-state index contributed by atoms with van der Waals surface area (Å²) in [5.41, 5.74) is 0.470. The normalized spacial score (nSPS) is 14.6. The Morgan fingerprint density at radius 2 is 1.28 bits per heavy atom. The van der Waals surface area contributed by atoms with Gasteiger partial charge in [0.25, 0.3) is 11.8 Å². The molecule has 67 heavy (non-hydrogen) atoms. The van der Waals surface area contributed by atoms with E-state index < -0.39 is 66.2 Å². The maximum Gasteiger partial charge on any atom is 0.407 e. The molecule has 0 saturated carbocycles. The molecule has 0 aromatic heterocycles. The zero-order valence-corrected chi connectivity index (χ0v) is 39.4. The van der Waals surface area contributed by atoms with Gasteiger partial charge in [0.15, 0.2) is 6.04 Å². The number of piperidine rings is 1. The Kier molecular flexibility index (Phi) is 18.5. The molecule has 0 radical (unpaired) electrons. The zero-order valence-electron chi connectivity index (χ0n) is 39.4. The molecule has 0 spiro atoms. The maximum atomic E-state index is 14.2. The third-order valence-corrected chi connectivity index (χ3v) is 10.2.